The Kier molecular flexibility index (Phi) is 4.54. The molecule has 27 heavy (non-hydrogen) atoms. The molecule has 140 valence electrons. The normalized spacial score (nSPS) is 11.3. The maximum Gasteiger partial charge on any atom is 0.361 e. The molecule has 10 nitrogen and oxygen atoms in total. The van der Waals surface area contributed by atoms with Gasteiger partial charge in [0.05, 0.1) is 11.2 Å². The molecule has 0 amide bonds. The van der Waals surface area contributed by atoms with Gasteiger partial charge >= 0.3 is 21.7 Å². The van der Waals surface area contributed by atoms with Gasteiger partial charge in [0.2, 0.25) is 5.95 Å². The van der Waals surface area contributed by atoms with Crippen LogP contribution < -0.4 is 9.92 Å². The summed E-state index contributed by atoms with van der Waals surface area (Å²) < 4.78 is 35.1. The molecule has 0 atom stereocenters. The van der Waals surface area contributed by atoms with Crippen molar-refractivity contribution in [1.29, 1.82) is 0 Å². The molecular formula is C16H14N4O6S. The number of furan rings is 1. The van der Waals surface area contributed by atoms with Crippen LogP contribution in [-0.4, -0.2) is 23.3 Å². The van der Waals surface area contributed by atoms with Gasteiger partial charge in [0.25, 0.3) is 0 Å². The summed E-state index contributed by atoms with van der Waals surface area (Å²) in [6, 6.07) is 7.34. The highest BCUT2D eigenvalue weighted by molar-refractivity contribution is 7.87. The van der Waals surface area contributed by atoms with E-state index < -0.39 is 32.6 Å². The number of hydrogen-bond acceptors (Lipinski definition) is 9. The summed E-state index contributed by atoms with van der Waals surface area (Å²) in [6.07, 6.45) is 1.32. The predicted molar refractivity (Wildman–Crippen MR) is 94.5 cm³/mol. The summed E-state index contributed by atoms with van der Waals surface area (Å²) in [5, 5.41) is 11.6. The molecule has 0 fully saturated rings. The highest BCUT2D eigenvalue weighted by atomic mass is 32.2. The Morgan fingerprint density at radius 1 is 1.15 bits per heavy atom. The van der Waals surface area contributed by atoms with Gasteiger partial charge in [-0.15, -0.1) is 0 Å². The van der Waals surface area contributed by atoms with Crippen LogP contribution in [0.3, 0.4) is 0 Å². The summed E-state index contributed by atoms with van der Waals surface area (Å²) in [6.45, 7) is 3.43. The molecule has 0 aliphatic heterocycles. The van der Waals surface area contributed by atoms with Gasteiger partial charge in [-0.05, 0) is 37.6 Å². The molecule has 0 radical (unpaired) electrons. The average Bonchev–Trinajstić information content (AvgIpc) is 2.99. The molecule has 1 aromatic carbocycles. The third kappa shape index (κ3) is 3.58. The first-order valence-corrected chi connectivity index (χ1v) is 8.97. The summed E-state index contributed by atoms with van der Waals surface area (Å²) in [5.74, 6) is -1.13. The van der Waals surface area contributed by atoms with Crippen molar-refractivity contribution >= 4 is 21.8 Å². The summed E-state index contributed by atoms with van der Waals surface area (Å²) in [7, 11) is -4.38. The van der Waals surface area contributed by atoms with Crippen molar-refractivity contribution in [1.82, 2.24) is 9.97 Å². The summed E-state index contributed by atoms with van der Waals surface area (Å²) in [4.78, 5) is 18.0. The molecule has 0 unspecified atom stereocenters. The van der Waals surface area contributed by atoms with Crippen molar-refractivity contribution in [3.05, 3.63) is 57.8 Å². The van der Waals surface area contributed by atoms with Crippen LogP contribution in [-0.2, 0) is 10.1 Å². The minimum atomic E-state index is -4.38. The number of hydrogen-bond donors (Lipinski definition) is 1. The average molecular weight is 390 g/mol. The van der Waals surface area contributed by atoms with Crippen LogP contribution in [0.15, 0.2) is 45.9 Å². The Labute approximate surface area is 153 Å². The zero-order chi connectivity index (χ0) is 19.8. The first kappa shape index (κ1) is 18.3. The van der Waals surface area contributed by atoms with Crippen molar-refractivity contribution in [3.63, 3.8) is 0 Å². The van der Waals surface area contributed by atoms with E-state index in [1.165, 1.54) is 18.4 Å². The fourth-order valence-electron chi connectivity index (χ4n) is 2.30. The molecule has 2 N–H and O–H groups in total. The lowest BCUT2D eigenvalue weighted by atomic mass is 10.2. The number of anilines is 1. The van der Waals surface area contributed by atoms with Gasteiger partial charge in [-0.2, -0.15) is 13.4 Å². The second kappa shape index (κ2) is 6.68. The van der Waals surface area contributed by atoms with E-state index in [1.54, 1.807) is 32.0 Å². The molecule has 2 heterocycles. The number of aromatic nitrogens is 2. The number of rotatable bonds is 5. The minimum absolute atomic E-state index is 0.0633. The predicted octanol–water partition coefficient (Wildman–Crippen LogP) is 2.61. The van der Waals surface area contributed by atoms with Crippen molar-refractivity contribution in [3.8, 4) is 17.3 Å². The Morgan fingerprint density at radius 3 is 2.37 bits per heavy atom. The molecule has 11 heteroatoms. The highest BCUT2D eigenvalue weighted by Crippen LogP contribution is 2.38. The molecule has 0 bridgehead atoms. The molecule has 0 saturated carbocycles. The van der Waals surface area contributed by atoms with Crippen LogP contribution >= 0.6 is 0 Å². The van der Waals surface area contributed by atoms with Gasteiger partial charge in [-0.25, -0.2) is 4.98 Å². The van der Waals surface area contributed by atoms with E-state index >= 15 is 0 Å². The van der Waals surface area contributed by atoms with E-state index in [-0.39, 0.29) is 16.3 Å². The summed E-state index contributed by atoms with van der Waals surface area (Å²) in [5.41, 5.74) is 5.94. The first-order valence-electron chi connectivity index (χ1n) is 7.56. The van der Waals surface area contributed by atoms with Crippen LogP contribution in [0.2, 0.25) is 0 Å². The van der Waals surface area contributed by atoms with Crippen LogP contribution in [0.4, 0.5) is 11.6 Å². The van der Waals surface area contributed by atoms with E-state index in [9.17, 15) is 18.5 Å². The van der Waals surface area contributed by atoms with Crippen molar-refractivity contribution in [2.24, 2.45) is 0 Å². The molecule has 3 aromatic rings. The van der Waals surface area contributed by atoms with E-state index in [4.69, 9.17) is 14.3 Å². The van der Waals surface area contributed by atoms with E-state index in [2.05, 4.69) is 9.97 Å². The van der Waals surface area contributed by atoms with Crippen LogP contribution in [0.25, 0.3) is 11.5 Å². The van der Waals surface area contributed by atoms with E-state index in [0.717, 1.165) is 5.56 Å². The molecule has 0 aliphatic carbocycles. The van der Waals surface area contributed by atoms with E-state index in [1.807, 2.05) is 0 Å². The van der Waals surface area contributed by atoms with Gasteiger partial charge in [-0.1, -0.05) is 17.7 Å². The first-order chi connectivity index (χ1) is 12.7. The van der Waals surface area contributed by atoms with Crippen LogP contribution in [0.1, 0.15) is 11.1 Å². The maximum absolute atomic E-state index is 12.5. The molecule has 3 rings (SSSR count). The van der Waals surface area contributed by atoms with E-state index in [0.29, 0.717) is 5.56 Å². The third-order valence-corrected chi connectivity index (χ3v) is 4.85. The second-order valence-electron chi connectivity index (χ2n) is 5.62. The number of nitrogens with zero attached hydrogens (tertiary/aromatic N) is 3. The number of aryl methyl sites for hydroxylation is 2. The van der Waals surface area contributed by atoms with Crippen molar-refractivity contribution < 1.29 is 21.9 Å². The Morgan fingerprint density at radius 2 is 1.81 bits per heavy atom. The van der Waals surface area contributed by atoms with Crippen molar-refractivity contribution in [2.45, 2.75) is 18.7 Å². The van der Waals surface area contributed by atoms with Crippen LogP contribution in [0, 0.1) is 24.0 Å². The molecular weight excluding hydrogens is 376 g/mol. The largest absolute Gasteiger partial charge is 0.462 e. The monoisotopic (exact) mass is 390 g/mol. The smallest absolute Gasteiger partial charge is 0.361 e. The highest BCUT2D eigenvalue weighted by Gasteiger charge is 2.32. The third-order valence-electron chi connectivity index (χ3n) is 3.63. The standard InChI is InChI=1S/C16H14N4O6S/c1-9-3-5-11(6-4-9)27(23,24)26-15-13(20(21)22)12(18-16(17)19-15)14-10(2)7-8-25-14/h3-8H,1-2H3,(H2,17,18,19). The zero-order valence-electron chi connectivity index (χ0n) is 14.2. The molecule has 0 spiro atoms. The zero-order valence-corrected chi connectivity index (χ0v) is 15.1. The quantitative estimate of drug-likeness (QED) is 0.393. The minimum Gasteiger partial charge on any atom is -0.462 e. The maximum atomic E-state index is 12.5. The SMILES string of the molecule is Cc1ccc(S(=O)(=O)Oc2nc(N)nc(-c3occc3C)c2[N+](=O)[O-])cc1. The van der Waals surface area contributed by atoms with Crippen molar-refractivity contribution in [2.75, 3.05) is 5.73 Å². The van der Waals surface area contributed by atoms with Gasteiger partial charge in [0, 0.05) is 0 Å². The Bertz CT molecular complexity index is 1120. The molecule has 0 saturated heterocycles. The fourth-order valence-corrected chi connectivity index (χ4v) is 3.19. The molecule has 0 aliphatic rings. The fraction of sp³-hybridized carbons (Fsp3) is 0.125. The topological polar surface area (TPSA) is 151 Å². The lowest BCUT2D eigenvalue weighted by Gasteiger charge is -2.09. The number of benzene rings is 1. The Balaban J connectivity index is 2.16. The lowest BCUT2D eigenvalue weighted by Crippen LogP contribution is -2.14. The van der Waals surface area contributed by atoms with Crippen LogP contribution in [0.5, 0.6) is 5.88 Å². The van der Waals surface area contributed by atoms with Gasteiger partial charge in [0.15, 0.2) is 11.5 Å². The van der Waals surface area contributed by atoms with Gasteiger partial charge in [0.1, 0.15) is 4.90 Å². The molecule has 2 aromatic heterocycles. The lowest BCUT2D eigenvalue weighted by molar-refractivity contribution is -0.385. The summed E-state index contributed by atoms with van der Waals surface area (Å²) >= 11 is 0. The number of nitrogens with two attached hydrogens (primary N) is 1. The second-order valence-corrected chi connectivity index (χ2v) is 7.17. The number of nitrogen functional groups attached to an aromatic ring is 1. The van der Waals surface area contributed by atoms with Gasteiger partial charge in [-0.3, -0.25) is 10.1 Å². The number of nitro groups is 1. The van der Waals surface area contributed by atoms with Gasteiger partial charge < -0.3 is 14.3 Å². The Hall–Kier alpha value is -3.47.